The number of amides is 1. The van der Waals surface area contributed by atoms with Crippen molar-refractivity contribution in [1.82, 2.24) is 4.90 Å². The molecule has 1 amide bonds. The van der Waals surface area contributed by atoms with Gasteiger partial charge in [-0.05, 0) is 43.4 Å². The molecule has 1 aliphatic rings. The molecule has 1 aromatic carbocycles. The highest BCUT2D eigenvalue weighted by Gasteiger charge is 2.31. The first kappa shape index (κ1) is 13.6. The maximum Gasteiger partial charge on any atom is 0.253 e. The van der Waals surface area contributed by atoms with Gasteiger partial charge in [0.25, 0.3) is 5.91 Å². The second-order valence-electron chi connectivity index (χ2n) is 5.05. The molecule has 1 atom stereocenters. The zero-order valence-electron chi connectivity index (χ0n) is 10.7. The SMILES string of the molecule is Cc1ccc(C(=O)N(C)CC(O)C2CC2)cc1Br. The average molecular weight is 312 g/mol. The molecule has 2 rings (SSSR count). The Morgan fingerprint density at radius 2 is 2.22 bits per heavy atom. The molecule has 1 aromatic rings. The van der Waals surface area contributed by atoms with E-state index in [9.17, 15) is 9.90 Å². The van der Waals surface area contributed by atoms with Crippen LogP contribution in [0.4, 0.5) is 0 Å². The summed E-state index contributed by atoms with van der Waals surface area (Å²) in [4.78, 5) is 13.8. The summed E-state index contributed by atoms with van der Waals surface area (Å²) >= 11 is 3.43. The van der Waals surface area contributed by atoms with Crippen LogP contribution in [0.1, 0.15) is 28.8 Å². The van der Waals surface area contributed by atoms with Crippen molar-refractivity contribution in [2.75, 3.05) is 13.6 Å². The Labute approximate surface area is 116 Å². The molecule has 0 saturated heterocycles. The lowest BCUT2D eigenvalue weighted by Crippen LogP contribution is -2.35. The molecule has 0 heterocycles. The number of nitrogens with zero attached hydrogens (tertiary/aromatic N) is 1. The summed E-state index contributed by atoms with van der Waals surface area (Å²) in [6, 6.07) is 5.57. The second kappa shape index (κ2) is 5.41. The number of carbonyl (C=O) groups is 1. The number of aliphatic hydroxyl groups is 1. The normalized spacial score (nSPS) is 16.4. The van der Waals surface area contributed by atoms with Gasteiger partial charge in [0.1, 0.15) is 0 Å². The Morgan fingerprint density at radius 3 is 2.78 bits per heavy atom. The van der Waals surface area contributed by atoms with Crippen LogP contribution < -0.4 is 0 Å². The zero-order chi connectivity index (χ0) is 13.3. The highest BCUT2D eigenvalue weighted by atomic mass is 79.9. The Balaban J connectivity index is 2.02. The number of likely N-dealkylation sites (N-methyl/N-ethyl adjacent to an activating group) is 1. The monoisotopic (exact) mass is 311 g/mol. The van der Waals surface area contributed by atoms with Gasteiger partial charge in [-0.1, -0.05) is 22.0 Å². The van der Waals surface area contributed by atoms with Crippen molar-refractivity contribution in [2.45, 2.75) is 25.9 Å². The van der Waals surface area contributed by atoms with Crippen LogP contribution in [0.15, 0.2) is 22.7 Å². The van der Waals surface area contributed by atoms with E-state index in [0.29, 0.717) is 18.0 Å². The number of hydrogen-bond donors (Lipinski definition) is 1. The van der Waals surface area contributed by atoms with Gasteiger partial charge in [-0.25, -0.2) is 0 Å². The number of hydrogen-bond acceptors (Lipinski definition) is 2. The van der Waals surface area contributed by atoms with E-state index in [1.807, 2.05) is 25.1 Å². The molecule has 4 heteroatoms. The first-order valence-electron chi connectivity index (χ1n) is 6.18. The topological polar surface area (TPSA) is 40.5 Å². The Hall–Kier alpha value is -0.870. The van der Waals surface area contributed by atoms with Crippen LogP contribution in [0.3, 0.4) is 0 Å². The molecule has 1 aliphatic carbocycles. The predicted molar refractivity (Wildman–Crippen MR) is 74.6 cm³/mol. The fourth-order valence-electron chi connectivity index (χ4n) is 1.94. The molecular weight excluding hydrogens is 294 g/mol. The van der Waals surface area contributed by atoms with Crippen LogP contribution in [0, 0.1) is 12.8 Å². The van der Waals surface area contributed by atoms with Gasteiger partial charge in [-0.3, -0.25) is 4.79 Å². The largest absolute Gasteiger partial charge is 0.391 e. The fourth-order valence-corrected chi connectivity index (χ4v) is 2.32. The van der Waals surface area contributed by atoms with E-state index in [1.165, 1.54) is 0 Å². The molecule has 0 aromatic heterocycles. The first-order chi connectivity index (χ1) is 8.49. The molecule has 0 bridgehead atoms. The molecule has 3 nitrogen and oxygen atoms in total. The van der Waals surface area contributed by atoms with Gasteiger partial charge in [0.2, 0.25) is 0 Å². The molecule has 1 N–H and O–H groups in total. The minimum Gasteiger partial charge on any atom is -0.391 e. The number of aryl methyl sites for hydroxylation is 1. The van der Waals surface area contributed by atoms with Gasteiger partial charge in [-0.2, -0.15) is 0 Å². The van der Waals surface area contributed by atoms with Crippen molar-refractivity contribution in [3.05, 3.63) is 33.8 Å². The van der Waals surface area contributed by atoms with Crippen molar-refractivity contribution >= 4 is 21.8 Å². The smallest absolute Gasteiger partial charge is 0.253 e. The van der Waals surface area contributed by atoms with Gasteiger partial charge < -0.3 is 10.0 Å². The standard InChI is InChI=1S/C14H18BrNO2/c1-9-3-4-11(7-12(9)15)14(18)16(2)8-13(17)10-5-6-10/h3-4,7,10,13,17H,5-6,8H2,1-2H3. The van der Waals surface area contributed by atoms with Gasteiger partial charge in [-0.15, -0.1) is 0 Å². The van der Waals surface area contributed by atoms with Crippen LogP contribution in [-0.4, -0.2) is 35.6 Å². The van der Waals surface area contributed by atoms with E-state index in [0.717, 1.165) is 22.9 Å². The van der Waals surface area contributed by atoms with E-state index >= 15 is 0 Å². The van der Waals surface area contributed by atoms with Crippen LogP contribution >= 0.6 is 15.9 Å². The molecule has 1 fully saturated rings. The van der Waals surface area contributed by atoms with Crippen molar-refractivity contribution in [3.63, 3.8) is 0 Å². The number of rotatable bonds is 4. The predicted octanol–water partition coefficient (Wildman–Crippen LogP) is 2.60. The van der Waals surface area contributed by atoms with Gasteiger partial charge in [0.15, 0.2) is 0 Å². The van der Waals surface area contributed by atoms with E-state index < -0.39 is 0 Å². The van der Waals surface area contributed by atoms with E-state index in [-0.39, 0.29) is 12.0 Å². The number of halogens is 1. The van der Waals surface area contributed by atoms with E-state index in [2.05, 4.69) is 15.9 Å². The molecule has 0 aliphatic heterocycles. The molecule has 0 spiro atoms. The second-order valence-corrected chi connectivity index (χ2v) is 5.91. The Morgan fingerprint density at radius 1 is 1.56 bits per heavy atom. The van der Waals surface area contributed by atoms with Crippen molar-refractivity contribution in [3.8, 4) is 0 Å². The summed E-state index contributed by atoms with van der Waals surface area (Å²) in [5.74, 6) is 0.348. The van der Waals surface area contributed by atoms with Gasteiger partial charge in [0.05, 0.1) is 6.10 Å². The fraction of sp³-hybridized carbons (Fsp3) is 0.500. The maximum atomic E-state index is 12.2. The minimum absolute atomic E-state index is 0.0459. The highest BCUT2D eigenvalue weighted by molar-refractivity contribution is 9.10. The number of benzene rings is 1. The van der Waals surface area contributed by atoms with Crippen LogP contribution in [0.5, 0.6) is 0 Å². The van der Waals surface area contributed by atoms with Crippen LogP contribution in [0.2, 0.25) is 0 Å². The molecule has 98 valence electrons. The minimum atomic E-state index is -0.382. The summed E-state index contributed by atoms with van der Waals surface area (Å²) in [5, 5.41) is 9.85. The van der Waals surface area contributed by atoms with Gasteiger partial charge in [0, 0.05) is 23.6 Å². The number of aliphatic hydroxyl groups excluding tert-OH is 1. The summed E-state index contributed by atoms with van der Waals surface area (Å²) in [5.41, 5.74) is 1.75. The molecule has 1 unspecified atom stereocenters. The lowest BCUT2D eigenvalue weighted by molar-refractivity contribution is 0.0645. The summed E-state index contributed by atoms with van der Waals surface area (Å²) in [6.45, 7) is 2.40. The quantitative estimate of drug-likeness (QED) is 0.928. The summed E-state index contributed by atoms with van der Waals surface area (Å²) < 4.78 is 0.935. The first-order valence-corrected chi connectivity index (χ1v) is 6.98. The highest BCUT2D eigenvalue weighted by Crippen LogP contribution is 2.32. The number of carbonyl (C=O) groups excluding carboxylic acids is 1. The molecule has 18 heavy (non-hydrogen) atoms. The third-order valence-corrected chi connectivity index (χ3v) is 4.25. The lowest BCUT2D eigenvalue weighted by Gasteiger charge is -2.21. The summed E-state index contributed by atoms with van der Waals surface area (Å²) in [7, 11) is 1.74. The Bertz CT molecular complexity index is 457. The molecule has 0 radical (unpaired) electrons. The average Bonchev–Trinajstić information content (AvgIpc) is 3.15. The third-order valence-electron chi connectivity index (χ3n) is 3.39. The summed E-state index contributed by atoms with van der Waals surface area (Å²) in [6.07, 6.45) is 1.78. The zero-order valence-corrected chi connectivity index (χ0v) is 12.3. The lowest BCUT2D eigenvalue weighted by atomic mass is 10.1. The van der Waals surface area contributed by atoms with E-state index in [4.69, 9.17) is 0 Å². The van der Waals surface area contributed by atoms with Crippen molar-refractivity contribution < 1.29 is 9.90 Å². The molecule has 1 saturated carbocycles. The van der Waals surface area contributed by atoms with Gasteiger partial charge >= 0.3 is 0 Å². The van der Waals surface area contributed by atoms with Crippen LogP contribution in [0.25, 0.3) is 0 Å². The maximum absolute atomic E-state index is 12.2. The van der Waals surface area contributed by atoms with E-state index in [1.54, 1.807) is 11.9 Å². The Kier molecular flexibility index (Phi) is 4.07. The van der Waals surface area contributed by atoms with Crippen molar-refractivity contribution in [2.24, 2.45) is 5.92 Å². The third kappa shape index (κ3) is 3.12. The molecular formula is C14H18BrNO2. The van der Waals surface area contributed by atoms with Crippen molar-refractivity contribution in [1.29, 1.82) is 0 Å². The van der Waals surface area contributed by atoms with Crippen LogP contribution in [-0.2, 0) is 0 Å².